The van der Waals surface area contributed by atoms with Crippen LogP contribution in [-0.2, 0) is 9.47 Å². The maximum Gasteiger partial charge on any atom is 0.0765 e. The zero-order valence-electron chi connectivity index (χ0n) is 11.2. The lowest BCUT2D eigenvalue weighted by Gasteiger charge is -2.27. The van der Waals surface area contributed by atoms with Gasteiger partial charge in [-0.05, 0) is 34.1 Å². The molecule has 0 aromatic carbocycles. The van der Waals surface area contributed by atoms with Crippen LogP contribution >= 0.6 is 0 Å². The Morgan fingerprint density at radius 1 is 1.31 bits per heavy atom. The highest BCUT2D eigenvalue weighted by Gasteiger charge is 2.22. The standard InChI is InChI=1S/C12H27NO3/c1-10(8-12(4,14)9-13)16-7-6-11(2,3)15-5/h10,14H,6-9,13H2,1-5H3. The fourth-order valence-corrected chi connectivity index (χ4v) is 1.37. The van der Waals surface area contributed by atoms with Gasteiger partial charge in [0.25, 0.3) is 0 Å². The topological polar surface area (TPSA) is 64.7 Å². The number of hydrogen-bond donors (Lipinski definition) is 2. The van der Waals surface area contributed by atoms with Crippen LogP contribution in [0.3, 0.4) is 0 Å². The Morgan fingerprint density at radius 3 is 2.31 bits per heavy atom. The quantitative estimate of drug-likeness (QED) is 0.663. The van der Waals surface area contributed by atoms with Crippen LogP contribution in [0.25, 0.3) is 0 Å². The molecule has 2 atom stereocenters. The lowest BCUT2D eigenvalue weighted by Crippen LogP contribution is -2.38. The van der Waals surface area contributed by atoms with Gasteiger partial charge in [0.05, 0.1) is 17.3 Å². The molecule has 0 aromatic rings. The normalized spacial score (nSPS) is 18.2. The lowest BCUT2D eigenvalue weighted by molar-refractivity contribution is -0.0462. The number of rotatable bonds is 8. The Labute approximate surface area is 99.1 Å². The number of aliphatic hydroxyl groups is 1. The molecule has 4 nitrogen and oxygen atoms in total. The van der Waals surface area contributed by atoms with E-state index in [-0.39, 0.29) is 18.2 Å². The van der Waals surface area contributed by atoms with Gasteiger partial charge in [-0.2, -0.15) is 0 Å². The summed E-state index contributed by atoms with van der Waals surface area (Å²) in [7, 11) is 1.70. The van der Waals surface area contributed by atoms with Crippen LogP contribution in [0, 0.1) is 0 Å². The molecular weight excluding hydrogens is 206 g/mol. The summed E-state index contributed by atoms with van der Waals surface area (Å²) in [6.07, 6.45) is 1.39. The van der Waals surface area contributed by atoms with Crippen molar-refractivity contribution >= 4 is 0 Å². The molecule has 0 rings (SSSR count). The summed E-state index contributed by atoms with van der Waals surface area (Å²) >= 11 is 0. The first-order valence-corrected chi connectivity index (χ1v) is 5.81. The van der Waals surface area contributed by atoms with Gasteiger partial charge in [-0.3, -0.25) is 0 Å². The molecule has 0 heterocycles. The molecule has 0 fully saturated rings. The molecule has 2 unspecified atom stereocenters. The summed E-state index contributed by atoms with van der Waals surface area (Å²) in [5, 5.41) is 9.77. The van der Waals surface area contributed by atoms with Crippen molar-refractivity contribution < 1.29 is 14.6 Å². The van der Waals surface area contributed by atoms with Gasteiger partial charge < -0.3 is 20.3 Å². The van der Waals surface area contributed by atoms with E-state index in [1.807, 2.05) is 20.8 Å². The summed E-state index contributed by atoms with van der Waals surface area (Å²) in [6.45, 7) is 8.61. The second kappa shape index (κ2) is 6.55. The summed E-state index contributed by atoms with van der Waals surface area (Å²) in [5.74, 6) is 0. The van der Waals surface area contributed by atoms with Crippen molar-refractivity contribution in [1.82, 2.24) is 0 Å². The Hall–Kier alpha value is -0.160. The second-order valence-electron chi connectivity index (χ2n) is 5.30. The van der Waals surface area contributed by atoms with Crippen LogP contribution in [0.15, 0.2) is 0 Å². The molecule has 0 bridgehead atoms. The zero-order chi connectivity index (χ0) is 12.8. The average molecular weight is 233 g/mol. The van der Waals surface area contributed by atoms with E-state index in [1.54, 1.807) is 14.0 Å². The largest absolute Gasteiger partial charge is 0.389 e. The monoisotopic (exact) mass is 233 g/mol. The number of methoxy groups -OCH3 is 1. The maximum absolute atomic E-state index is 9.77. The van der Waals surface area contributed by atoms with Crippen molar-refractivity contribution in [2.75, 3.05) is 20.3 Å². The Morgan fingerprint density at radius 2 is 1.88 bits per heavy atom. The van der Waals surface area contributed by atoms with E-state index in [4.69, 9.17) is 15.2 Å². The van der Waals surface area contributed by atoms with Crippen molar-refractivity contribution in [3.8, 4) is 0 Å². The number of hydrogen-bond acceptors (Lipinski definition) is 4. The Bertz CT molecular complexity index is 193. The van der Waals surface area contributed by atoms with Crippen LogP contribution in [0.4, 0.5) is 0 Å². The van der Waals surface area contributed by atoms with E-state index in [0.717, 1.165) is 6.42 Å². The van der Waals surface area contributed by atoms with Crippen molar-refractivity contribution in [3.63, 3.8) is 0 Å². The van der Waals surface area contributed by atoms with Crippen LogP contribution < -0.4 is 5.73 Å². The summed E-state index contributed by atoms with van der Waals surface area (Å²) in [4.78, 5) is 0. The SMILES string of the molecule is COC(C)(C)CCOC(C)CC(C)(O)CN. The molecule has 0 saturated carbocycles. The minimum Gasteiger partial charge on any atom is -0.389 e. The highest BCUT2D eigenvalue weighted by atomic mass is 16.5. The van der Waals surface area contributed by atoms with E-state index in [9.17, 15) is 5.11 Å². The fraction of sp³-hybridized carbons (Fsp3) is 1.00. The molecule has 0 spiro atoms. The minimum atomic E-state index is -0.837. The first-order valence-electron chi connectivity index (χ1n) is 5.81. The van der Waals surface area contributed by atoms with E-state index < -0.39 is 5.60 Å². The molecule has 0 aliphatic carbocycles. The van der Waals surface area contributed by atoms with Gasteiger partial charge in [0.15, 0.2) is 0 Å². The van der Waals surface area contributed by atoms with Gasteiger partial charge in [0, 0.05) is 26.7 Å². The van der Waals surface area contributed by atoms with Crippen molar-refractivity contribution in [1.29, 1.82) is 0 Å². The van der Waals surface area contributed by atoms with Crippen LogP contribution in [-0.4, -0.2) is 42.7 Å². The molecule has 0 aromatic heterocycles. The van der Waals surface area contributed by atoms with Gasteiger partial charge in [0.2, 0.25) is 0 Å². The van der Waals surface area contributed by atoms with E-state index >= 15 is 0 Å². The summed E-state index contributed by atoms with van der Waals surface area (Å²) in [6, 6.07) is 0. The molecule has 16 heavy (non-hydrogen) atoms. The first kappa shape index (κ1) is 15.8. The minimum absolute atomic E-state index is 0.00575. The van der Waals surface area contributed by atoms with Crippen molar-refractivity contribution in [3.05, 3.63) is 0 Å². The van der Waals surface area contributed by atoms with Crippen molar-refractivity contribution in [2.45, 2.75) is 57.8 Å². The van der Waals surface area contributed by atoms with Crippen LogP contribution in [0.2, 0.25) is 0 Å². The van der Waals surface area contributed by atoms with Gasteiger partial charge >= 0.3 is 0 Å². The predicted octanol–water partition coefficient (Wildman–Crippen LogP) is 1.31. The average Bonchev–Trinajstić information content (AvgIpc) is 2.17. The highest BCUT2D eigenvalue weighted by Crippen LogP contribution is 2.16. The molecule has 3 N–H and O–H groups in total. The summed E-state index contributed by atoms with van der Waals surface area (Å²) in [5.41, 5.74) is 4.45. The molecule has 0 saturated heterocycles. The third-order valence-electron chi connectivity index (χ3n) is 2.83. The summed E-state index contributed by atoms with van der Waals surface area (Å²) < 4.78 is 10.9. The van der Waals surface area contributed by atoms with Crippen molar-refractivity contribution in [2.24, 2.45) is 5.73 Å². The molecule has 4 heteroatoms. The van der Waals surface area contributed by atoms with E-state index in [1.165, 1.54) is 0 Å². The predicted molar refractivity (Wildman–Crippen MR) is 65.4 cm³/mol. The fourth-order valence-electron chi connectivity index (χ4n) is 1.37. The molecule has 0 amide bonds. The number of ether oxygens (including phenoxy) is 2. The van der Waals surface area contributed by atoms with Crippen LogP contribution in [0.1, 0.15) is 40.5 Å². The molecule has 98 valence electrons. The maximum atomic E-state index is 9.77. The van der Waals surface area contributed by atoms with Gasteiger partial charge in [-0.25, -0.2) is 0 Å². The van der Waals surface area contributed by atoms with E-state index in [0.29, 0.717) is 13.0 Å². The number of nitrogens with two attached hydrogens (primary N) is 1. The highest BCUT2D eigenvalue weighted by molar-refractivity contribution is 4.76. The van der Waals surface area contributed by atoms with Gasteiger partial charge in [0.1, 0.15) is 0 Å². The third-order valence-corrected chi connectivity index (χ3v) is 2.83. The van der Waals surface area contributed by atoms with Gasteiger partial charge in [-0.15, -0.1) is 0 Å². The van der Waals surface area contributed by atoms with Crippen LogP contribution in [0.5, 0.6) is 0 Å². The second-order valence-corrected chi connectivity index (χ2v) is 5.30. The lowest BCUT2D eigenvalue weighted by atomic mass is 9.99. The smallest absolute Gasteiger partial charge is 0.0765 e. The van der Waals surface area contributed by atoms with E-state index in [2.05, 4.69) is 0 Å². The molecule has 0 aliphatic heterocycles. The van der Waals surface area contributed by atoms with Gasteiger partial charge in [-0.1, -0.05) is 0 Å². The zero-order valence-corrected chi connectivity index (χ0v) is 11.2. The molecule has 0 radical (unpaired) electrons. The Balaban J connectivity index is 3.78. The molecular formula is C12H27NO3. The Kier molecular flexibility index (Phi) is 6.48. The third kappa shape index (κ3) is 7.17. The first-order chi connectivity index (χ1) is 7.22. The molecule has 0 aliphatic rings.